The number of aryl methyl sites for hydroxylation is 1. The first-order valence-corrected chi connectivity index (χ1v) is 6.08. The number of benzene rings is 1. The van der Waals surface area contributed by atoms with Crippen LogP contribution in [0.15, 0.2) is 12.1 Å². The molecule has 0 bridgehead atoms. The van der Waals surface area contributed by atoms with E-state index in [1.807, 2.05) is 25.9 Å². The van der Waals surface area contributed by atoms with E-state index in [0.29, 0.717) is 21.3 Å². The first-order chi connectivity index (χ1) is 8.45. The third kappa shape index (κ3) is 1.98. The van der Waals surface area contributed by atoms with Gasteiger partial charge in [0.25, 0.3) is 0 Å². The lowest BCUT2D eigenvalue weighted by Crippen LogP contribution is -2.12. The van der Waals surface area contributed by atoms with Crippen LogP contribution >= 0.6 is 23.2 Å². The van der Waals surface area contributed by atoms with Crippen molar-refractivity contribution in [1.29, 1.82) is 5.26 Å². The van der Waals surface area contributed by atoms with Gasteiger partial charge in [0.15, 0.2) is 0 Å². The maximum absolute atomic E-state index is 9.26. The Morgan fingerprint density at radius 2 is 1.83 bits per heavy atom. The molecule has 2 aromatic rings. The zero-order valence-corrected chi connectivity index (χ0v) is 11.8. The van der Waals surface area contributed by atoms with Crippen molar-refractivity contribution in [3.8, 4) is 6.07 Å². The lowest BCUT2D eigenvalue weighted by atomic mass is 10.1. The number of nitrogens with zero attached hydrogens (tertiary/aromatic N) is 3. The van der Waals surface area contributed by atoms with Crippen LogP contribution in [0.2, 0.25) is 10.0 Å². The van der Waals surface area contributed by atoms with Crippen LogP contribution in [0.25, 0.3) is 10.9 Å². The van der Waals surface area contributed by atoms with Gasteiger partial charge < -0.3 is 4.90 Å². The molecule has 1 aromatic heterocycles. The van der Waals surface area contributed by atoms with Crippen LogP contribution in [0.1, 0.15) is 11.3 Å². The quantitative estimate of drug-likeness (QED) is 0.797. The monoisotopic (exact) mass is 279 g/mol. The second kappa shape index (κ2) is 4.64. The second-order valence-electron chi connectivity index (χ2n) is 4.21. The van der Waals surface area contributed by atoms with Crippen molar-refractivity contribution in [3.05, 3.63) is 33.4 Å². The standard InChI is InChI=1S/C13H11Cl2N3/c1-7-9(6-16)13(18(2)3)8-4-10(14)11(15)5-12(8)17-7/h4-5H,1-3H3. The maximum Gasteiger partial charge on any atom is 0.103 e. The van der Waals surface area contributed by atoms with E-state index in [-0.39, 0.29) is 0 Å². The number of fused-ring (bicyclic) bond motifs is 1. The molecule has 1 aromatic carbocycles. The molecule has 18 heavy (non-hydrogen) atoms. The van der Waals surface area contributed by atoms with Gasteiger partial charge in [-0.25, -0.2) is 0 Å². The molecule has 0 saturated heterocycles. The van der Waals surface area contributed by atoms with E-state index >= 15 is 0 Å². The molecule has 0 atom stereocenters. The lowest BCUT2D eigenvalue weighted by molar-refractivity contribution is 1.11. The number of anilines is 1. The van der Waals surface area contributed by atoms with E-state index in [1.54, 1.807) is 12.1 Å². The Morgan fingerprint density at radius 3 is 2.39 bits per heavy atom. The van der Waals surface area contributed by atoms with Crippen LogP contribution < -0.4 is 4.90 Å². The summed E-state index contributed by atoms with van der Waals surface area (Å²) in [6.45, 7) is 1.81. The molecule has 5 heteroatoms. The number of rotatable bonds is 1. The van der Waals surface area contributed by atoms with Crippen LogP contribution in [0.3, 0.4) is 0 Å². The van der Waals surface area contributed by atoms with Crippen LogP contribution in [0.4, 0.5) is 5.69 Å². The van der Waals surface area contributed by atoms with Gasteiger partial charge in [0, 0.05) is 19.5 Å². The second-order valence-corrected chi connectivity index (χ2v) is 5.02. The summed E-state index contributed by atoms with van der Waals surface area (Å²) in [5.74, 6) is 0. The van der Waals surface area contributed by atoms with E-state index in [0.717, 1.165) is 16.6 Å². The van der Waals surface area contributed by atoms with Gasteiger partial charge in [-0.3, -0.25) is 4.98 Å². The molecule has 0 fully saturated rings. The Labute approximate surface area is 116 Å². The molecule has 0 amide bonds. The average Bonchev–Trinajstić information content (AvgIpc) is 2.29. The van der Waals surface area contributed by atoms with Crippen molar-refractivity contribution in [3.63, 3.8) is 0 Å². The Hall–Kier alpha value is -1.50. The van der Waals surface area contributed by atoms with Crippen molar-refractivity contribution in [1.82, 2.24) is 4.98 Å². The minimum atomic E-state index is 0.460. The molecule has 92 valence electrons. The van der Waals surface area contributed by atoms with Crippen molar-refractivity contribution in [2.75, 3.05) is 19.0 Å². The molecule has 0 aliphatic heterocycles. The summed E-state index contributed by atoms with van der Waals surface area (Å²) in [6, 6.07) is 5.67. The van der Waals surface area contributed by atoms with E-state index < -0.39 is 0 Å². The molecular formula is C13H11Cl2N3. The average molecular weight is 280 g/mol. The molecule has 0 radical (unpaired) electrons. The van der Waals surface area contributed by atoms with Crippen molar-refractivity contribution in [2.24, 2.45) is 0 Å². The maximum atomic E-state index is 9.26. The number of aromatic nitrogens is 1. The smallest absolute Gasteiger partial charge is 0.103 e. The highest BCUT2D eigenvalue weighted by atomic mass is 35.5. The van der Waals surface area contributed by atoms with E-state index in [9.17, 15) is 5.26 Å². The molecular weight excluding hydrogens is 269 g/mol. The number of nitriles is 1. The highest BCUT2D eigenvalue weighted by Crippen LogP contribution is 2.35. The third-order valence-corrected chi connectivity index (χ3v) is 3.46. The fraction of sp³-hybridized carbons (Fsp3) is 0.231. The molecule has 0 unspecified atom stereocenters. The number of pyridine rings is 1. The van der Waals surface area contributed by atoms with E-state index in [1.165, 1.54) is 0 Å². The number of halogens is 2. The van der Waals surface area contributed by atoms with Gasteiger partial charge in [-0.05, 0) is 19.1 Å². The molecule has 0 aliphatic rings. The zero-order chi connectivity index (χ0) is 13.4. The van der Waals surface area contributed by atoms with Gasteiger partial charge in [-0.15, -0.1) is 0 Å². The summed E-state index contributed by atoms with van der Waals surface area (Å²) in [7, 11) is 3.77. The summed E-state index contributed by atoms with van der Waals surface area (Å²) < 4.78 is 0. The topological polar surface area (TPSA) is 39.9 Å². The van der Waals surface area contributed by atoms with Gasteiger partial charge in [-0.1, -0.05) is 23.2 Å². The predicted octanol–water partition coefficient (Wildman–Crippen LogP) is 3.79. The van der Waals surface area contributed by atoms with Gasteiger partial charge in [0.2, 0.25) is 0 Å². The molecule has 0 N–H and O–H groups in total. The Kier molecular flexibility index (Phi) is 3.34. The molecule has 0 saturated carbocycles. The summed E-state index contributed by atoms with van der Waals surface area (Å²) in [5.41, 5.74) is 2.81. The number of hydrogen-bond acceptors (Lipinski definition) is 3. The predicted molar refractivity (Wildman–Crippen MR) is 75.5 cm³/mol. The summed E-state index contributed by atoms with van der Waals surface area (Å²) in [6.07, 6.45) is 0. The largest absolute Gasteiger partial charge is 0.376 e. The SMILES string of the molecule is Cc1nc2cc(Cl)c(Cl)cc2c(N(C)C)c1C#N. The first-order valence-electron chi connectivity index (χ1n) is 5.32. The van der Waals surface area contributed by atoms with Crippen LogP contribution in [-0.2, 0) is 0 Å². The summed E-state index contributed by atoms with van der Waals surface area (Å²) in [5, 5.41) is 11.0. The van der Waals surface area contributed by atoms with Crippen molar-refractivity contribution in [2.45, 2.75) is 6.92 Å². The third-order valence-electron chi connectivity index (χ3n) is 2.74. The zero-order valence-electron chi connectivity index (χ0n) is 10.3. The Morgan fingerprint density at radius 1 is 1.22 bits per heavy atom. The summed E-state index contributed by atoms with van der Waals surface area (Å²) >= 11 is 12.0. The van der Waals surface area contributed by atoms with Crippen LogP contribution in [-0.4, -0.2) is 19.1 Å². The van der Waals surface area contributed by atoms with Gasteiger partial charge in [0.05, 0.1) is 32.5 Å². The Balaban J connectivity index is 2.98. The van der Waals surface area contributed by atoms with E-state index in [2.05, 4.69) is 11.1 Å². The minimum Gasteiger partial charge on any atom is -0.376 e. The molecule has 0 aliphatic carbocycles. The molecule has 2 rings (SSSR count). The van der Waals surface area contributed by atoms with Gasteiger partial charge >= 0.3 is 0 Å². The van der Waals surface area contributed by atoms with Gasteiger partial charge in [-0.2, -0.15) is 5.26 Å². The van der Waals surface area contributed by atoms with Gasteiger partial charge in [0.1, 0.15) is 6.07 Å². The minimum absolute atomic E-state index is 0.460. The van der Waals surface area contributed by atoms with Crippen molar-refractivity contribution < 1.29 is 0 Å². The van der Waals surface area contributed by atoms with E-state index in [4.69, 9.17) is 23.2 Å². The fourth-order valence-electron chi connectivity index (χ4n) is 1.96. The lowest BCUT2D eigenvalue weighted by Gasteiger charge is -2.18. The number of hydrogen-bond donors (Lipinski definition) is 0. The van der Waals surface area contributed by atoms with Crippen LogP contribution in [0, 0.1) is 18.3 Å². The molecule has 0 spiro atoms. The molecule has 1 heterocycles. The highest BCUT2D eigenvalue weighted by Gasteiger charge is 2.15. The normalized spacial score (nSPS) is 10.4. The first kappa shape index (κ1) is 12.9. The molecule has 3 nitrogen and oxygen atoms in total. The van der Waals surface area contributed by atoms with Crippen molar-refractivity contribution >= 4 is 39.8 Å². The summed E-state index contributed by atoms with van der Waals surface area (Å²) in [4.78, 5) is 6.29. The highest BCUT2D eigenvalue weighted by molar-refractivity contribution is 6.42. The fourth-order valence-corrected chi connectivity index (χ4v) is 2.28. The van der Waals surface area contributed by atoms with Crippen LogP contribution in [0.5, 0.6) is 0 Å². The Bertz CT molecular complexity index is 672.